The van der Waals surface area contributed by atoms with Gasteiger partial charge in [-0.1, -0.05) is 15.9 Å². The number of carboxylic acid groups (broad SMARTS) is 1. The van der Waals surface area contributed by atoms with Crippen molar-refractivity contribution in [2.24, 2.45) is 11.7 Å². The van der Waals surface area contributed by atoms with Crippen molar-refractivity contribution in [2.75, 3.05) is 6.61 Å². The molecule has 0 radical (unpaired) electrons. The molecule has 18 heavy (non-hydrogen) atoms. The highest BCUT2D eigenvalue weighted by Crippen LogP contribution is 2.31. The number of nitrogens with two attached hydrogens (primary N) is 1. The molecule has 1 unspecified atom stereocenters. The van der Waals surface area contributed by atoms with Crippen molar-refractivity contribution < 1.29 is 14.6 Å². The zero-order valence-corrected chi connectivity index (χ0v) is 11.5. The van der Waals surface area contributed by atoms with Crippen LogP contribution in [0.1, 0.15) is 30.9 Å². The van der Waals surface area contributed by atoms with Crippen LogP contribution in [0.2, 0.25) is 0 Å². The molecule has 2 rings (SSSR count). The van der Waals surface area contributed by atoms with Crippen LogP contribution in [-0.4, -0.2) is 17.7 Å². The summed E-state index contributed by atoms with van der Waals surface area (Å²) >= 11 is 3.39. The number of hydrogen-bond acceptors (Lipinski definition) is 3. The minimum atomic E-state index is -0.900. The average molecular weight is 314 g/mol. The number of rotatable bonds is 6. The third kappa shape index (κ3) is 3.99. The molecule has 5 heteroatoms. The zero-order valence-electron chi connectivity index (χ0n) is 9.93. The second kappa shape index (κ2) is 5.71. The summed E-state index contributed by atoms with van der Waals surface area (Å²) in [5.41, 5.74) is 6.62. The minimum absolute atomic E-state index is 0.0848. The number of hydrogen-bond donors (Lipinski definition) is 2. The number of benzene rings is 1. The summed E-state index contributed by atoms with van der Waals surface area (Å²) < 4.78 is 6.53. The summed E-state index contributed by atoms with van der Waals surface area (Å²) in [5.74, 6) is 0.523. The Bertz CT molecular complexity index is 446. The second-order valence-electron chi connectivity index (χ2n) is 4.68. The Kier molecular flexibility index (Phi) is 4.24. The number of ether oxygens (including phenoxy) is 1. The molecule has 0 heterocycles. The van der Waals surface area contributed by atoms with Crippen LogP contribution in [0.3, 0.4) is 0 Å². The van der Waals surface area contributed by atoms with Gasteiger partial charge in [-0.2, -0.15) is 0 Å². The van der Waals surface area contributed by atoms with Crippen LogP contribution in [0.5, 0.6) is 5.75 Å². The molecule has 0 aromatic heterocycles. The summed E-state index contributed by atoms with van der Waals surface area (Å²) in [6, 6.07) is 5.01. The topological polar surface area (TPSA) is 72.6 Å². The van der Waals surface area contributed by atoms with Gasteiger partial charge in [-0.25, -0.2) is 0 Å². The lowest BCUT2D eigenvalue weighted by Gasteiger charge is -2.13. The lowest BCUT2D eigenvalue weighted by molar-refractivity contribution is -0.137. The van der Waals surface area contributed by atoms with Crippen molar-refractivity contribution in [3.8, 4) is 5.75 Å². The summed E-state index contributed by atoms with van der Waals surface area (Å²) in [7, 11) is 0. The predicted molar refractivity (Wildman–Crippen MR) is 71.5 cm³/mol. The van der Waals surface area contributed by atoms with Gasteiger partial charge in [0, 0.05) is 10.5 Å². The SMILES string of the molecule is NC(CC(=O)O)c1cc(Br)cc(OCC2CC2)c1. The van der Waals surface area contributed by atoms with Crippen LogP contribution in [0.25, 0.3) is 0 Å². The number of aliphatic carboxylic acids is 1. The van der Waals surface area contributed by atoms with Gasteiger partial charge in [0.2, 0.25) is 0 Å². The summed E-state index contributed by atoms with van der Waals surface area (Å²) in [6.45, 7) is 0.726. The van der Waals surface area contributed by atoms with E-state index >= 15 is 0 Å². The van der Waals surface area contributed by atoms with Gasteiger partial charge in [0.15, 0.2) is 0 Å². The molecule has 1 fully saturated rings. The van der Waals surface area contributed by atoms with Crippen molar-refractivity contribution in [3.63, 3.8) is 0 Å². The van der Waals surface area contributed by atoms with Gasteiger partial charge < -0.3 is 15.6 Å². The largest absolute Gasteiger partial charge is 0.493 e. The van der Waals surface area contributed by atoms with Crippen molar-refractivity contribution in [1.82, 2.24) is 0 Å². The molecule has 3 N–H and O–H groups in total. The van der Waals surface area contributed by atoms with Gasteiger partial charge in [-0.3, -0.25) is 4.79 Å². The molecule has 0 aliphatic heterocycles. The fraction of sp³-hybridized carbons (Fsp3) is 0.462. The number of carboxylic acids is 1. The van der Waals surface area contributed by atoms with E-state index < -0.39 is 12.0 Å². The Hall–Kier alpha value is -1.07. The van der Waals surface area contributed by atoms with E-state index in [1.54, 1.807) is 0 Å². The van der Waals surface area contributed by atoms with Crippen LogP contribution in [-0.2, 0) is 4.79 Å². The van der Waals surface area contributed by atoms with E-state index in [9.17, 15) is 4.79 Å². The molecule has 4 nitrogen and oxygen atoms in total. The molecule has 1 aromatic carbocycles. The number of halogens is 1. The van der Waals surface area contributed by atoms with Gasteiger partial charge in [-0.05, 0) is 42.5 Å². The molecule has 1 saturated carbocycles. The van der Waals surface area contributed by atoms with E-state index in [1.807, 2.05) is 18.2 Å². The standard InChI is InChI=1S/C13H16BrNO3/c14-10-3-9(12(15)6-13(16)17)4-11(5-10)18-7-8-1-2-8/h3-5,8,12H,1-2,6-7,15H2,(H,16,17). The van der Waals surface area contributed by atoms with Crippen molar-refractivity contribution in [2.45, 2.75) is 25.3 Å². The quantitative estimate of drug-likeness (QED) is 0.847. The lowest BCUT2D eigenvalue weighted by atomic mass is 10.0. The molecule has 0 saturated heterocycles. The normalized spacial score (nSPS) is 16.3. The summed E-state index contributed by atoms with van der Waals surface area (Å²) in [6.07, 6.45) is 2.39. The van der Waals surface area contributed by atoms with E-state index in [2.05, 4.69) is 15.9 Å². The summed E-state index contributed by atoms with van der Waals surface area (Å²) in [4.78, 5) is 10.7. The first kappa shape index (κ1) is 13.4. The third-order valence-corrected chi connectivity index (χ3v) is 3.36. The Morgan fingerprint density at radius 1 is 1.50 bits per heavy atom. The van der Waals surface area contributed by atoms with Crippen LogP contribution >= 0.6 is 15.9 Å². The third-order valence-electron chi connectivity index (χ3n) is 2.90. The van der Waals surface area contributed by atoms with E-state index in [4.69, 9.17) is 15.6 Å². The highest BCUT2D eigenvalue weighted by molar-refractivity contribution is 9.10. The average Bonchev–Trinajstić information content (AvgIpc) is 3.08. The Balaban J connectivity index is 2.06. The second-order valence-corrected chi connectivity index (χ2v) is 5.59. The van der Waals surface area contributed by atoms with Crippen molar-refractivity contribution >= 4 is 21.9 Å². The Morgan fingerprint density at radius 3 is 2.83 bits per heavy atom. The first-order valence-corrected chi connectivity index (χ1v) is 6.74. The molecule has 1 atom stereocenters. The summed E-state index contributed by atoms with van der Waals surface area (Å²) in [5, 5.41) is 8.75. The molecule has 1 aromatic rings. The zero-order chi connectivity index (χ0) is 13.1. The minimum Gasteiger partial charge on any atom is -0.493 e. The molecule has 98 valence electrons. The van der Waals surface area contributed by atoms with Crippen molar-refractivity contribution in [1.29, 1.82) is 0 Å². The van der Waals surface area contributed by atoms with E-state index in [0.29, 0.717) is 5.92 Å². The Labute approximate surface area is 114 Å². The maximum Gasteiger partial charge on any atom is 0.305 e. The number of carbonyl (C=O) groups is 1. The van der Waals surface area contributed by atoms with Gasteiger partial charge in [-0.15, -0.1) is 0 Å². The maximum absolute atomic E-state index is 10.7. The van der Waals surface area contributed by atoms with E-state index in [-0.39, 0.29) is 6.42 Å². The van der Waals surface area contributed by atoms with Gasteiger partial charge in [0.1, 0.15) is 5.75 Å². The van der Waals surface area contributed by atoms with E-state index in [0.717, 1.165) is 22.4 Å². The molecular formula is C13H16BrNO3. The smallest absolute Gasteiger partial charge is 0.305 e. The van der Waals surface area contributed by atoms with Gasteiger partial charge in [0.05, 0.1) is 13.0 Å². The molecule has 0 bridgehead atoms. The monoisotopic (exact) mass is 313 g/mol. The lowest BCUT2D eigenvalue weighted by Crippen LogP contribution is -2.15. The van der Waals surface area contributed by atoms with Crippen molar-refractivity contribution in [3.05, 3.63) is 28.2 Å². The van der Waals surface area contributed by atoms with Gasteiger partial charge >= 0.3 is 5.97 Å². The maximum atomic E-state index is 10.7. The fourth-order valence-corrected chi connectivity index (χ4v) is 2.18. The molecule has 0 spiro atoms. The van der Waals surface area contributed by atoms with E-state index in [1.165, 1.54) is 12.8 Å². The molecule has 0 amide bonds. The predicted octanol–water partition coefficient (Wildman–Crippen LogP) is 2.71. The molecule has 1 aliphatic carbocycles. The highest BCUT2D eigenvalue weighted by atomic mass is 79.9. The van der Waals surface area contributed by atoms with Crippen LogP contribution in [0, 0.1) is 5.92 Å². The van der Waals surface area contributed by atoms with Crippen LogP contribution < -0.4 is 10.5 Å². The van der Waals surface area contributed by atoms with Gasteiger partial charge in [0.25, 0.3) is 0 Å². The highest BCUT2D eigenvalue weighted by Gasteiger charge is 2.22. The first-order chi connectivity index (χ1) is 8.54. The fourth-order valence-electron chi connectivity index (χ4n) is 1.69. The molecular weight excluding hydrogens is 298 g/mol. The first-order valence-electron chi connectivity index (χ1n) is 5.95. The molecule has 1 aliphatic rings. The van der Waals surface area contributed by atoms with Crippen LogP contribution in [0.15, 0.2) is 22.7 Å². The Morgan fingerprint density at radius 2 is 2.22 bits per heavy atom. The van der Waals surface area contributed by atoms with Crippen LogP contribution in [0.4, 0.5) is 0 Å².